The lowest BCUT2D eigenvalue weighted by Crippen LogP contribution is -2.27. The second-order valence-electron chi connectivity index (χ2n) is 5.21. The number of H-pyrrole nitrogens is 1. The minimum atomic E-state index is -0.0119. The largest absolute Gasteiger partial charge is 0.326 e. The van der Waals surface area contributed by atoms with Crippen molar-refractivity contribution in [3.05, 3.63) is 68.6 Å². The fourth-order valence-corrected chi connectivity index (χ4v) is 2.88. The van der Waals surface area contributed by atoms with Crippen LogP contribution >= 0.6 is 11.6 Å². The van der Waals surface area contributed by atoms with Crippen molar-refractivity contribution in [2.45, 2.75) is 31.8 Å². The van der Waals surface area contributed by atoms with Gasteiger partial charge in [0.05, 0.1) is 0 Å². The fraction of sp³-hybridized carbons (Fsp3) is 0.312. The summed E-state index contributed by atoms with van der Waals surface area (Å²) in [6, 6.07) is 11.8. The number of benzene rings is 1. The molecule has 0 amide bonds. The highest BCUT2D eigenvalue weighted by atomic mass is 35.5. The molecule has 1 atom stereocenters. The molecule has 1 aromatic heterocycles. The Kier molecular flexibility index (Phi) is 3.90. The third kappa shape index (κ3) is 2.94. The van der Waals surface area contributed by atoms with E-state index in [1.165, 1.54) is 11.1 Å². The molecule has 0 radical (unpaired) electrons. The van der Waals surface area contributed by atoms with Gasteiger partial charge in [0.15, 0.2) is 0 Å². The van der Waals surface area contributed by atoms with E-state index in [9.17, 15) is 4.79 Å². The zero-order valence-electron chi connectivity index (χ0n) is 11.2. The topological polar surface area (TPSA) is 44.9 Å². The van der Waals surface area contributed by atoms with E-state index in [4.69, 9.17) is 11.6 Å². The van der Waals surface area contributed by atoms with E-state index in [0.29, 0.717) is 6.04 Å². The number of aromatic amines is 1. The summed E-state index contributed by atoms with van der Waals surface area (Å²) in [5.41, 5.74) is 3.51. The van der Waals surface area contributed by atoms with Crippen molar-refractivity contribution in [2.24, 2.45) is 0 Å². The molecule has 1 unspecified atom stereocenters. The molecule has 0 aliphatic heterocycles. The molecule has 3 nitrogen and oxygen atoms in total. The number of aromatic nitrogens is 1. The van der Waals surface area contributed by atoms with Gasteiger partial charge in [-0.15, -0.1) is 0 Å². The number of hydrogen-bond donors (Lipinski definition) is 2. The minimum absolute atomic E-state index is 0.0119. The Morgan fingerprint density at radius 3 is 2.80 bits per heavy atom. The summed E-state index contributed by atoms with van der Waals surface area (Å²) in [7, 11) is 0. The summed E-state index contributed by atoms with van der Waals surface area (Å²) in [6.45, 7) is 0.806. The molecule has 0 spiro atoms. The summed E-state index contributed by atoms with van der Waals surface area (Å²) in [5.74, 6) is 0. The Morgan fingerprint density at radius 2 is 2.00 bits per heavy atom. The van der Waals surface area contributed by atoms with Crippen molar-refractivity contribution < 1.29 is 0 Å². The quantitative estimate of drug-likeness (QED) is 0.911. The molecule has 3 rings (SSSR count). The van der Waals surface area contributed by atoms with E-state index in [1.54, 1.807) is 6.07 Å². The lowest BCUT2D eigenvalue weighted by Gasteiger charge is -2.26. The molecule has 1 heterocycles. The average Bonchev–Trinajstić information content (AvgIpc) is 2.46. The van der Waals surface area contributed by atoms with E-state index in [-0.39, 0.29) is 5.56 Å². The van der Waals surface area contributed by atoms with Gasteiger partial charge in [0, 0.05) is 29.4 Å². The summed E-state index contributed by atoms with van der Waals surface area (Å²) in [4.78, 5) is 14.3. The number of rotatable bonds is 3. The smallest absolute Gasteiger partial charge is 0.248 e. The van der Waals surface area contributed by atoms with Gasteiger partial charge in [0.1, 0.15) is 0 Å². The maximum atomic E-state index is 11.4. The van der Waals surface area contributed by atoms with Crippen LogP contribution in [0.25, 0.3) is 0 Å². The first-order chi connectivity index (χ1) is 9.72. The van der Waals surface area contributed by atoms with Crippen LogP contribution in [0, 0.1) is 0 Å². The van der Waals surface area contributed by atoms with E-state index in [1.807, 2.05) is 30.3 Å². The van der Waals surface area contributed by atoms with Crippen LogP contribution < -0.4 is 10.9 Å². The van der Waals surface area contributed by atoms with Crippen LogP contribution in [0.4, 0.5) is 0 Å². The Bertz CT molecular complexity index is 648. The zero-order chi connectivity index (χ0) is 13.9. The maximum absolute atomic E-state index is 11.4. The van der Waals surface area contributed by atoms with Gasteiger partial charge < -0.3 is 10.3 Å². The normalized spacial score (nSPS) is 17.8. The van der Waals surface area contributed by atoms with Crippen molar-refractivity contribution in [1.29, 1.82) is 0 Å². The number of halogens is 1. The summed E-state index contributed by atoms with van der Waals surface area (Å²) < 4.78 is 0. The van der Waals surface area contributed by atoms with Crippen LogP contribution in [0.3, 0.4) is 0 Å². The summed E-state index contributed by atoms with van der Waals surface area (Å²) in [6.07, 6.45) is 3.17. The van der Waals surface area contributed by atoms with Crippen molar-refractivity contribution >= 4 is 11.6 Å². The van der Waals surface area contributed by atoms with Gasteiger partial charge in [0.25, 0.3) is 0 Å². The van der Waals surface area contributed by atoms with Crippen molar-refractivity contribution in [2.75, 3.05) is 0 Å². The van der Waals surface area contributed by atoms with Gasteiger partial charge in [-0.1, -0.05) is 29.8 Å². The van der Waals surface area contributed by atoms with Crippen LogP contribution in [-0.2, 0) is 13.0 Å². The highest BCUT2D eigenvalue weighted by Gasteiger charge is 2.20. The first kappa shape index (κ1) is 13.4. The van der Waals surface area contributed by atoms with Gasteiger partial charge in [0.2, 0.25) is 5.56 Å². The van der Waals surface area contributed by atoms with Crippen molar-refractivity contribution in [3.8, 4) is 0 Å². The molecule has 2 N–H and O–H groups in total. The SMILES string of the molecule is O=c1ccc2c([nH]1)CCCC2NCc1ccc(Cl)cc1. The average molecular weight is 289 g/mol. The second kappa shape index (κ2) is 5.81. The van der Waals surface area contributed by atoms with Gasteiger partial charge in [-0.25, -0.2) is 0 Å². The van der Waals surface area contributed by atoms with Crippen LogP contribution in [0.1, 0.15) is 35.7 Å². The predicted molar refractivity (Wildman–Crippen MR) is 81.0 cm³/mol. The van der Waals surface area contributed by atoms with Crippen LogP contribution in [-0.4, -0.2) is 4.98 Å². The van der Waals surface area contributed by atoms with Crippen LogP contribution in [0.2, 0.25) is 5.02 Å². The van der Waals surface area contributed by atoms with E-state index < -0.39 is 0 Å². The molecule has 0 saturated carbocycles. The Hall–Kier alpha value is -1.58. The number of fused-ring (bicyclic) bond motifs is 1. The Labute approximate surface area is 123 Å². The number of hydrogen-bond acceptors (Lipinski definition) is 2. The van der Waals surface area contributed by atoms with Gasteiger partial charge >= 0.3 is 0 Å². The molecule has 104 valence electrons. The first-order valence-electron chi connectivity index (χ1n) is 6.92. The molecule has 1 aromatic carbocycles. The molecule has 2 aromatic rings. The third-order valence-corrected chi connectivity index (χ3v) is 4.05. The van der Waals surface area contributed by atoms with Gasteiger partial charge in [-0.3, -0.25) is 4.79 Å². The number of pyridine rings is 1. The molecule has 20 heavy (non-hydrogen) atoms. The van der Waals surface area contributed by atoms with E-state index in [0.717, 1.165) is 36.5 Å². The van der Waals surface area contributed by atoms with Crippen LogP contribution in [0.15, 0.2) is 41.2 Å². The molecule has 1 aliphatic carbocycles. The molecular weight excluding hydrogens is 272 g/mol. The molecular formula is C16H17ClN2O. The maximum Gasteiger partial charge on any atom is 0.248 e. The van der Waals surface area contributed by atoms with Crippen molar-refractivity contribution in [3.63, 3.8) is 0 Å². The minimum Gasteiger partial charge on any atom is -0.326 e. The highest BCUT2D eigenvalue weighted by Crippen LogP contribution is 2.27. The van der Waals surface area contributed by atoms with E-state index in [2.05, 4.69) is 10.3 Å². The number of nitrogens with one attached hydrogen (secondary N) is 2. The summed E-state index contributed by atoms with van der Waals surface area (Å²) >= 11 is 5.89. The first-order valence-corrected chi connectivity index (χ1v) is 7.30. The third-order valence-electron chi connectivity index (χ3n) is 3.80. The molecule has 4 heteroatoms. The molecule has 0 fully saturated rings. The summed E-state index contributed by atoms with van der Waals surface area (Å²) in [5, 5.41) is 4.33. The molecule has 1 aliphatic rings. The van der Waals surface area contributed by atoms with Crippen molar-refractivity contribution in [1.82, 2.24) is 10.3 Å². The standard InChI is InChI=1S/C16H17ClN2O/c17-12-6-4-11(5-7-12)10-18-14-2-1-3-15-13(14)8-9-16(20)19-15/h4-9,14,18H,1-3,10H2,(H,19,20). The lowest BCUT2D eigenvalue weighted by molar-refractivity contribution is 0.453. The van der Waals surface area contributed by atoms with Gasteiger partial charge in [-0.05, 0) is 42.5 Å². The van der Waals surface area contributed by atoms with Gasteiger partial charge in [-0.2, -0.15) is 0 Å². The highest BCUT2D eigenvalue weighted by molar-refractivity contribution is 6.30. The molecule has 0 saturated heterocycles. The number of aryl methyl sites for hydroxylation is 1. The molecule has 0 bridgehead atoms. The zero-order valence-corrected chi connectivity index (χ0v) is 11.9. The Morgan fingerprint density at radius 1 is 1.20 bits per heavy atom. The monoisotopic (exact) mass is 288 g/mol. The predicted octanol–water partition coefficient (Wildman–Crippen LogP) is 3.20. The Balaban J connectivity index is 1.73. The van der Waals surface area contributed by atoms with E-state index >= 15 is 0 Å². The fourth-order valence-electron chi connectivity index (χ4n) is 2.76. The lowest BCUT2D eigenvalue weighted by atomic mass is 9.91. The second-order valence-corrected chi connectivity index (χ2v) is 5.65. The van der Waals surface area contributed by atoms with Crippen LogP contribution in [0.5, 0.6) is 0 Å².